The number of hydrogen-bond donors (Lipinski definition) is 4. The molecule has 0 bridgehead atoms. The lowest BCUT2D eigenvalue weighted by atomic mass is 10.0. The maximum Gasteiger partial charge on any atom is 0.329 e. The van der Waals surface area contributed by atoms with Crippen LogP contribution < -0.4 is 16.0 Å². The van der Waals surface area contributed by atoms with Gasteiger partial charge in [-0.05, 0) is 56.4 Å². The highest BCUT2D eigenvalue weighted by molar-refractivity contribution is 5.98. The number of cyclic esters (lactones) is 1. The summed E-state index contributed by atoms with van der Waals surface area (Å²) in [7, 11) is 0. The number of fused-ring (bicyclic) bond motifs is 3. The summed E-state index contributed by atoms with van der Waals surface area (Å²) in [4.78, 5) is 101. The topological polar surface area (TPSA) is 204 Å². The van der Waals surface area contributed by atoms with Crippen molar-refractivity contribution in [3.8, 4) is 0 Å². The summed E-state index contributed by atoms with van der Waals surface area (Å²) in [6.07, 6.45) is 2.02. The summed E-state index contributed by atoms with van der Waals surface area (Å²) >= 11 is 0. The number of morpholine rings is 1. The average molecular weight is 803 g/mol. The third-order valence-corrected chi connectivity index (χ3v) is 10.7. The number of aliphatic hydroxyl groups excluding tert-OH is 1. The lowest BCUT2D eigenvalue weighted by molar-refractivity contribution is -0.164. The van der Waals surface area contributed by atoms with Crippen LogP contribution >= 0.6 is 0 Å². The predicted octanol–water partition coefficient (Wildman–Crippen LogP) is 0.0995. The number of allylic oxidation sites excluding steroid dienone is 1. The molecule has 18 heteroatoms. The minimum Gasteiger partial charge on any atom is -0.458 e. The van der Waals surface area contributed by atoms with Crippen LogP contribution in [-0.4, -0.2) is 143 Å². The van der Waals surface area contributed by atoms with Crippen molar-refractivity contribution in [3.05, 3.63) is 47.5 Å². The highest BCUT2D eigenvalue weighted by Gasteiger charge is 2.49. The van der Waals surface area contributed by atoms with Crippen LogP contribution in [0.3, 0.4) is 0 Å². The molecule has 6 amide bonds. The van der Waals surface area contributed by atoms with E-state index in [0.717, 1.165) is 29.9 Å². The molecule has 4 saturated heterocycles. The predicted molar refractivity (Wildman–Crippen MR) is 197 cm³/mol. The normalized spacial score (nSPS) is 29.4. The lowest BCUT2D eigenvalue weighted by Crippen LogP contribution is -2.64. The number of unbranched alkanes of at least 4 members (excludes halogenated alkanes) is 2. The number of aliphatic hydroxyl groups is 1. The second-order valence-electron chi connectivity index (χ2n) is 15.3. The van der Waals surface area contributed by atoms with Crippen LogP contribution in [-0.2, 0) is 49.5 Å². The smallest absolute Gasteiger partial charge is 0.329 e. The van der Waals surface area contributed by atoms with E-state index in [1.807, 2.05) is 13.8 Å². The van der Waals surface area contributed by atoms with Crippen LogP contribution in [0.4, 0.5) is 8.78 Å². The molecule has 4 heterocycles. The molecule has 4 aliphatic heterocycles. The third kappa shape index (κ3) is 10.5. The van der Waals surface area contributed by atoms with Crippen molar-refractivity contribution < 1.29 is 56.9 Å². The molecule has 4 fully saturated rings. The zero-order valence-corrected chi connectivity index (χ0v) is 32.6. The molecule has 0 unspecified atom stereocenters. The monoisotopic (exact) mass is 802 g/mol. The van der Waals surface area contributed by atoms with E-state index in [1.165, 1.54) is 29.7 Å². The zero-order valence-electron chi connectivity index (χ0n) is 32.6. The Labute approximate surface area is 329 Å². The summed E-state index contributed by atoms with van der Waals surface area (Å²) in [6, 6.07) is -5.34. The molecule has 0 aliphatic carbocycles. The first-order chi connectivity index (χ1) is 27.1. The van der Waals surface area contributed by atoms with Crippen LogP contribution in [0.5, 0.6) is 0 Å². The van der Waals surface area contributed by atoms with Crippen LogP contribution in [0.2, 0.25) is 0 Å². The number of ether oxygens (including phenoxy) is 2. The van der Waals surface area contributed by atoms with Gasteiger partial charge in [0.2, 0.25) is 35.4 Å². The molecule has 0 spiro atoms. The Balaban J connectivity index is 1.52. The Morgan fingerprint density at radius 1 is 0.947 bits per heavy atom. The Morgan fingerprint density at radius 3 is 2.35 bits per heavy atom. The summed E-state index contributed by atoms with van der Waals surface area (Å²) in [5.74, 6) is -7.45. The van der Waals surface area contributed by atoms with E-state index in [0.29, 0.717) is 12.5 Å². The van der Waals surface area contributed by atoms with Crippen molar-refractivity contribution in [1.82, 2.24) is 30.7 Å². The van der Waals surface area contributed by atoms with Gasteiger partial charge in [-0.25, -0.2) is 13.6 Å². The highest BCUT2D eigenvalue weighted by Crippen LogP contribution is 2.28. The van der Waals surface area contributed by atoms with E-state index in [2.05, 4.69) is 16.0 Å². The fraction of sp³-hybridized carbons (Fsp3) is 0.615. The molecular weight excluding hydrogens is 750 g/mol. The van der Waals surface area contributed by atoms with E-state index in [1.54, 1.807) is 6.08 Å². The molecule has 0 radical (unpaired) electrons. The quantitative estimate of drug-likeness (QED) is 0.151. The van der Waals surface area contributed by atoms with Gasteiger partial charge in [0.05, 0.1) is 19.3 Å². The van der Waals surface area contributed by atoms with Gasteiger partial charge in [0.15, 0.2) is 0 Å². The molecule has 1 aromatic rings. The number of carbonyl (C=O) groups excluding carboxylic acids is 7. The molecule has 0 saturated carbocycles. The molecule has 9 atom stereocenters. The number of amides is 6. The van der Waals surface area contributed by atoms with Gasteiger partial charge in [-0.1, -0.05) is 32.8 Å². The van der Waals surface area contributed by atoms with E-state index < -0.39 is 108 Å². The Bertz CT molecular complexity index is 1730. The lowest BCUT2D eigenvalue weighted by Gasteiger charge is -2.39. The average Bonchev–Trinajstić information content (AvgIpc) is 3.75. The Kier molecular flexibility index (Phi) is 14.4. The molecule has 5 rings (SSSR count). The summed E-state index contributed by atoms with van der Waals surface area (Å²) in [5.41, 5.74) is 0.0125. The van der Waals surface area contributed by atoms with Gasteiger partial charge in [0.1, 0.15) is 54.0 Å². The molecule has 57 heavy (non-hydrogen) atoms. The molecule has 16 nitrogen and oxygen atoms in total. The SMILES string of the molecule is CCCC/C=C/C(=O)N[C@@H](Cc1cc(F)cc(F)c1)C(=O)N[C@@H]1C(=O)N2C[C@H](O)C[C@H]2C(=O)N2CCOC[C@H]2C(=O)N[C@@H](C)C(=O)N2C[C@H](C)C[C@H]2C(=O)O[C@H]1C. The van der Waals surface area contributed by atoms with Crippen LogP contribution in [0.1, 0.15) is 65.4 Å². The zero-order chi connectivity index (χ0) is 41.6. The molecule has 1 aromatic carbocycles. The van der Waals surface area contributed by atoms with E-state index in [4.69, 9.17) is 9.47 Å². The minimum absolute atomic E-state index is 0.0125. The summed E-state index contributed by atoms with van der Waals surface area (Å²) in [5, 5.41) is 18.5. The number of rotatable bonds is 9. The van der Waals surface area contributed by atoms with Gasteiger partial charge >= 0.3 is 5.97 Å². The number of esters is 1. The van der Waals surface area contributed by atoms with Crippen molar-refractivity contribution in [2.45, 2.75) is 115 Å². The van der Waals surface area contributed by atoms with E-state index >= 15 is 0 Å². The van der Waals surface area contributed by atoms with Crippen LogP contribution in [0, 0.1) is 17.6 Å². The van der Waals surface area contributed by atoms with E-state index in [-0.39, 0.29) is 57.2 Å². The fourth-order valence-electron chi connectivity index (χ4n) is 7.75. The van der Waals surface area contributed by atoms with Gasteiger partial charge in [-0.15, -0.1) is 0 Å². The second-order valence-corrected chi connectivity index (χ2v) is 15.3. The number of nitrogens with zero attached hydrogens (tertiary/aromatic N) is 3. The first-order valence-electron chi connectivity index (χ1n) is 19.5. The Morgan fingerprint density at radius 2 is 1.65 bits per heavy atom. The molecule has 312 valence electrons. The number of benzene rings is 1. The van der Waals surface area contributed by atoms with Gasteiger partial charge in [0, 0.05) is 38.5 Å². The highest BCUT2D eigenvalue weighted by atomic mass is 19.1. The molecule has 4 aliphatic rings. The third-order valence-electron chi connectivity index (χ3n) is 10.7. The van der Waals surface area contributed by atoms with Gasteiger partial charge < -0.3 is 45.2 Å². The second kappa shape index (κ2) is 19.0. The number of hydrogen-bond acceptors (Lipinski definition) is 10. The molecular formula is C39H52F2N6O10. The van der Waals surface area contributed by atoms with Gasteiger partial charge in [-0.3, -0.25) is 28.8 Å². The van der Waals surface area contributed by atoms with Crippen molar-refractivity contribution in [2.75, 3.05) is 32.8 Å². The minimum atomic E-state index is -1.73. The number of halogens is 2. The first kappa shape index (κ1) is 43.2. The van der Waals surface area contributed by atoms with Crippen molar-refractivity contribution in [1.29, 1.82) is 0 Å². The Hall–Kier alpha value is -4.97. The summed E-state index contributed by atoms with van der Waals surface area (Å²) in [6.45, 7) is 6.23. The van der Waals surface area contributed by atoms with Crippen LogP contribution in [0.25, 0.3) is 0 Å². The largest absolute Gasteiger partial charge is 0.458 e. The van der Waals surface area contributed by atoms with Crippen LogP contribution in [0.15, 0.2) is 30.4 Å². The molecule has 0 aromatic heterocycles. The van der Waals surface area contributed by atoms with Crippen molar-refractivity contribution in [3.63, 3.8) is 0 Å². The summed E-state index contributed by atoms with van der Waals surface area (Å²) < 4.78 is 39.8. The van der Waals surface area contributed by atoms with Crippen molar-refractivity contribution in [2.24, 2.45) is 5.92 Å². The first-order valence-corrected chi connectivity index (χ1v) is 19.5. The van der Waals surface area contributed by atoms with Crippen molar-refractivity contribution >= 4 is 41.4 Å². The number of nitrogens with one attached hydrogen (secondary N) is 3. The fourth-order valence-corrected chi connectivity index (χ4v) is 7.75. The standard InChI is InChI=1S/C39H52F2N6O10/c1-5-6-7-8-9-32(49)43-28(15-24-13-25(40)16-26(41)14-24)34(50)44-33-23(4)57-39(55)30-12-21(2)18-46(30)36(52)22(3)42-35(51)31-20-56-11-10-45(31)37(53)29-17-27(48)19-47(29)38(33)54/h8-9,13-14,16,21-23,27-31,33,48H,5-7,10-12,15,17-20H2,1-4H3,(H,42,51)(H,43,49)(H,44,50)/b9-8+/t21-,22+,23+,27-,28+,29+,30+,31+,33+/m1/s1. The molecule has 4 N–H and O–H groups in total. The maximum atomic E-state index is 14.6. The maximum absolute atomic E-state index is 14.6. The number of carbonyl (C=O) groups is 7. The van der Waals surface area contributed by atoms with Gasteiger partial charge in [0.25, 0.3) is 0 Å². The van der Waals surface area contributed by atoms with Gasteiger partial charge in [-0.2, -0.15) is 0 Å². The van der Waals surface area contributed by atoms with E-state index in [9.17, 15) is 47.4 Å².